The molecule has 4 nitrogen and oxygen atoms in total. The first kappa shape index (κ1) is 17.0. The Labute approximate surface area is 139 Å². The molecule has 1 aliphatic heterocycles. The van der Waals surface area contributed by atoms with Crippen LogP contribution in [-0.4, -0.2) is 42.0 Å². The number of likely N-dealkylation sites (tertiary alicyclic amines) is 1. The van der Waals surface area contributed by atoms with E-state index in [9.17, 15) is 22.8 Å². The van der Waals surface area contributed by atoms with E-state index in [1.54, 1.807) is 17.0 Å². The molecule has 0 radical (unpaired) electrons. The van der Waals surface area contributed by atoms with Crippen LogP contribution in [0.5, 0.6) is 0 Å². The molecule has 22 heavy (non-hydrogen) atoms. The Morgan fingerprint density at radius 1 is 1.18 bits per heavy atom. The van der Waals surface area contributed by atoms with Crippen LogP contribution in [0, 0.1) is 3.57 Å². The van der Waals surface area contributed by atoms with Gasteiger partial charge in [0.1, 0.15) is 0 Å². The minimum atomic E-state index is -4.87. The molecule has 1 aromatic rings. The molecule has 1 N–H and O–H groups in total. The lowest BCUT2D eigenvalue weighted by molar-refractivity contribution is -0.174. The lowest BCUT2D eigenvalue weighted by atomic mass is 10.0. The summed E-state index contributed by atoms with van der Waals surface area (Å²) >= 11 is 2.07. The summed E-state index contributed by atoms with van der Waals surface area (Å²) in [6.07, 6.45) is -4.24. The van der Waals surface area contributed by atoms with Gasteiger partial charge in [-0.25, -0.2) is 0 Å². The molecular weight excluding hydrogens is 412 g/mol. The van der Waals surface area contributed by atoms with E-state index < -0.39 is 18.1 Å². The smallest absolute Gasteiger partial charge is 0.345 e. The van der Waals surface area contributed by atoms with Crippen LogP contribution >= 0.6 is 22.6 Å². The third kappa shape index (κ3) is 4.11. The molecule has 1 saturated heterocycles. The highest BCUT2D eigenvalue weighted by molar-refractivity contribution is 14.1. The maximum Gasteiger partial charge on any atom is 0.471 e. The molecule has 1 fully saturated rings. The van der Waals surface area contributed by atoms with E-state index in [-0.39, 0.29) is 5.91 Å². The van der Waals surface area contributed by atoms with Gasteiger partial charge >= 0.3 is 12.1 Å². The maximum absolute atomic E-state index is 12.4. The molecule has 1 heterocycles. The Hall–Kier alpha value is -1.32. The number of carbonyl (C=O) groups excluding carboxylic acids is 2. The van der Waals surface area contributed by atoms with Gasteiger partial charge in [0.25, 0.3) is 5.91 Å². The number of alkyl halides is 3. The minimum absolute atomic E-state index is 0.134. The van der Waals surface area contributed by atoms with Gasteiger partial charge in [0.15, 0.2) is 0 Å². The highest BCUT2D eigenvalue weighted by Crippen LogP contribution is 2.20. The Bertz CT molecular complexity index is 569. The summed E-state index contributed by atoms with van der Waals surface area (Å²) < 4.78 is 37.4. The van der Waals surface area contributed by atoms with Crippen molar-refractivity contribution in [3.05, 3.63) is 33.4 Å². The standard InChI is InChI=1S/C14H14F3IN2O2/c15-14(16,17)13(22)19-9-5-7-20(8-6-9)12(21)10-3-1-2-4-11(10)18/h1-4,9H,5-8H2,(H,19,22). The van der Waals surface area contributed by atoms with E-state index in [1.165, 1.54) is 0 Å². The molecule has 0 spiro atoms. The minimum Gasteiger partial charge on any atom is -0.345 e. The third-order valence-corrected chi connectivity index (χ3v) is 4.42. The van der Waals surface area contributed by atoms with Crippen molar-refractivity contribution in [2.75, 3.05) is 13.1 Å². The first-order valence-electron chi connectivity index (χ1n) is 6.70. The van der Waals surface area contributed by atoms with Crippen LogP contribution in [0.15, 0.2) is 24.3 Å². The van der Waals surface area contributed by atoms with E-state index in [4.69, 9.17) is 0 Å². The summed E-state index contributed by atoms with van der Waals surface area (Å²) in [6, 6.07) is 6.60. The molecule has 0 bridgehead atoms. The number of rotatable bonds is 2. The zero-order chi connectivity index (χ0) is 16.3. The van der Waals surface area contributed by atoms with Gasteiger partial charge in [-0.05, 0) is 47.6 Å². The second kappa shape index (κ2) is 6.84. The molecule has 2 rings (SSSR count). The number of amides is 2. The zero-order valence-electron chi connectivity index (χ0n) is 11.5. The second-order valence-corrected chi connectivity index (χ2v) is 6.18. The van der Waals surface area contributed by atoms with E-state index >= 15 is 0 Å². The van der Waals surface area contributed by atoms with Gasteiger partial charge < -0.3 is 10.2 Å². The van der Waals surface area contributed by atoms with E-state index in [0.29, 0.717) is 31.5 Å². The predicted molar refractivity (Wildman–Crippen MR) is 82.3 cm³/mol. The van der Waals surface area contributed by atoms with Crippen molar-refractivity contribution in [1.82, 2.24) is 10.2 Å². The summed E-state index contributed by atoms with van der Waals surface area (Å²) in [6.45, 7) is 0.652. The van der Waals surface area contributed by atoms with Crippen molar-refractivity contribution in [2.24, 2.45) is 0 Å². The summed E-state index contributed by atoms with van der Waals surface area (Å²) in [7, 11) is 0. The summed E-state index contributed by atoms with van der Waals surface area (Å²) in [5, 5.41) is 1.97. The lowest BCUT2D eigenvalue weighted by Crippen LogP contribution is -2.49. The number of nitrogens with one attached hydrogen (secondary N) is 1. The van der Waals surface area contributed by atoms with Crippen LogP contribution in [0.25, 0.3) is 0 Å². The average molecular weight is 426 g/mol. The predicted octanol–water partition coefficient (Wildman–Crippen LogP) is 2.57. The van der Waals surface area contributed by atoms with Crippen molar-refractivity contribution < 1.29 is 22.8 Å². The normalized spacial score (nSPS) is 16.5. The highest BCUT2D eigenvalue weighted by Gasteiger charge is 2.40. The number of halogens is 4. The van der Waals surface area contributed by atoms with Crippen molar-refractivity contribution in [2.45, 2.75) is 25.1 Å². The molecule has 8 heteroatoms. The SMILES string of the molecule is O=C(c1ccccc1I)N1CCC(NC(=O)C(F)(F)F)CC1. The van der Waals surface area contributed by atoms with Crippen LogP contribution in [0.2, 0.25) is 0 Å². The zero-order valence-corrected chi connectivity index (χ0v) is 13.6. The number of benzene rings is 1. The fraction of sp³-hybridized carbons (Fsp3) is 0.429. The topological polar surface area (TPSA) is 49.4 Å². The molecule has 0 aromatic heterocycles. The van der Waals surface area contributed by atoms with Crippen molar-refractivity contribution >= 4 is 34.4 Å². The fourth-order valence-corrected chi connectivity index (χ4v) is 2.92. The Kier molecular flexibility index (Phi) is 5.30. The largest absolute Gasteiger partial charge is 0.471 e. The van der Waals surface area contributed by atoms with Gasteiger partial charge in [0.2, 0.25) is 0 Å². The van der Waals surface area contributed by atoms with Crippen LogP contribution in [-0.2, 0) is 4.79 Å². The molecule has 2 amide bonds. The van der Waals surface area contributed by atoms with Gasteiger partial charge in [-0.2, -0.15) is 13.2 Å². The number of carbonyl (C=O) groups is 2. The number of hydrogen-bond donors (Lipinski definition) is 1. The molecule has 1 aliphatic rings. The Balaban J connectivity index is 1.91. The van der Waals surface area contributed by atoms with E-state index in [2.05, 4.69) is 22.6 Å². The van der Waals surface area contributed by atoms with Crippen molar-refractivity contribution in [1.29, 1.82) is 0 Å². The summed E-state index contributed by atoms with van der Waals surface area (Å²) in [5.41, 5.74) is 0.584. The molecule has 0 atom stereocenters. The van der Waals surface area contributed by atoms with Crippen LogP contribution < -0.4 is 5.32 Å². The third-order valence-electron chi connectivity index (χ3n) is 3.48. The van der Waals surface area contributed by atoms with Crippen molar-refractivity contribution in [3.63, 3.8) is 0 Å². The highest BCUT2D eigenvalue weighted by atomic mass is 127. The van der Waals surface area contributed by atoms with E-state index in [0.717, 1.165) is 3.57 Å². The number of nitrogens with zero attached hydrogens (tertiary/aromatic N) is 1. The van der Waals surface area contributed by atoms with Gasteiger partial charge in [0, 0.05) is 22.7 Å². The number of piperidine rings is 1. The second-order valence-electron chi connectivity index (χ2n) is 5.02. The molecule has 1 aromatic carbocycles. The van der Waals surface area contributed by atoms with Crippen molar-refractivity contribution in [3.8, 4) is 0 Å². The fourth-order valence-electron chi connectivity index (χ4n) is 2.30. The van der Waals surface area contributed by atoms with Gasteiger partial charge in [0.05, 0.1) is 5.56 Å². The van der Waals surface area contributed by atoms with Crippen LogP contribution in [0.4, 0.5) is 13.2 Å². The lowest BCUT2D eigenvalue weighted by Gasteiger charge is -2.32. The number of hydrogen-bond acceptors (Lipinski definition) is 2. The first-order chi connectivity index (χ1) is 10.3. The maximum atomic E-state index is 12.4. The Morgan fingerprint density at radius 2 is 1.77 bits per heavy atom. The average Bonchev–Trinajstić information content (AvgIpc) is 2.47. The molecule has 0 saturated carbocycles. The van der Waals surface area contributed by atoms with Crippen LogP contribution in [0.3, 0.4) is 0 Å². The van der Waals surface area contributed by atoms with Crippen LogP contribution in [0.1, 0.15) is 23.2 Å². The summed E-state index contributed by atoms with van der Waals surface area (Å²) in [4.78, 5) is 24.9. The van der Waals surface area contributed by atoms with E-state index in [1.807, 2.05) is 17.4 Å². The first-order valence-corrected chi connectivity index (χ1v) is 7.78. The molecule has 0 unspecified atom stereocenters. The quantitative estimate of drug-likeness (QED) is 0.740. The Morgan fingerprint density at radius 3 is 2.32 bits per heavy atom. The van der Waals surface area contributed by atoms with Gasteiger partial charge in [-0.15, -0.1) is 0 Å². The molecular formula is C14H14F3IN2O2. The van der Waals surface area contributed by atoms with Gasteiger partial charge in [-0.3, -0.25) is 9.59 Å². The molecule has 0 aliphatic carbocycles. The monoisotopic (exact) mass is 426 g/mol. The summed E-state index contributed by atoms with van der Waals surface area (Å²) in [5.74, 6) is -2.06. The van der Waals surface area contributed by atoms with Gasteiger partial charge in [-0.1, -0.05) is 12.1 Å². The molecule has 120 valence electrons.